The maximum atomic E-state index is 13.7. The van der Waals surface area contributed by atoms with Crippen molar-refractivity contribution in [1.29, 1.82) is 0 Å². The van der Waals surface area contributed by atoms with Crippen LogP contribution in [0.4, 0.5) is 4.39 Å². The number of nitrogens with zero attached hydrogens (tertiary/aromatic N) is 2. The largest absolute Gasteiger partial charge is 0.494 e. The third kappa shape index (κ3) is 3.09. The Morgan fingerprint density at radius 2 is 1.86 bits per heavy atom. The molecule has 0 radical (unpaired) electrons. The van der Waals surface area contributed by atoms with E-state index in [4.69, 9.17) is 4.74 Å². The number of carbonyl (C=O) groups excluding carboxylic acids is 1. The van der Waals surface area contributed by atoms with Gasteiger partial charge in [0.2, 0.25) is 0 Å². The second kappa shape index (κ2) is 6.65. The van der Waals surface area contributed by atoms with Crippen molar-refractivity contribution < 1.29 is 13.9 Å². The van der Waals surface area contributed by atoms with Gasteiger partial charge in [0.25, 0.3) is 5.91 Å². The fourth-order valence-corrected chi connectivity index (χ4v) is 3.52. The Morgan fingerprint density at radius 3 is 2.45 bits per heavy atom. The van der Waals surface area contributed by atoms with Gasteiger partial charge in [-0.25, -0.2) is 4.39 Å². The maximum absolute atomic E-state index is 13.7. The highest BCUT2D eigenvalue weighted by atomic mass is 19.1. The van der Waals surface area contributed by atoms with Crippen LogP contribution in [0.15, 0.2) is 18.2 Å². The van der Waals surface area contributed by atoms with E-state index in [1.165, 1.54) is 45.2 Å². The first-order valence-corrected chi connectivity index (χ1v) is 8.06. The number of carbonyl (C=O) groups is 1. The van der Waals surface area contributed by atoms with E-state index in [9.17, 15) is 9.18 Å². The number of ether oxygens (including phenoxy) is 1. The summed E-state index contributed by atoms with van der Waals surface area (Å²) >= 11 is 0. The van der Waals surface area contributed by atoms with E-state index in [1.54, 1.807) is 6.07 Å². The van der Waals surface area contributed by atoms with Gasteiger partial charge in [-0.1, -0.05) is 0 Å². The molecule has 2 saturated heterocycles. The van der Waals surface area contributed by atoms with E-state index < -0.39 is 5.82 Å². The summed E-state index contributed by atoms with van der Waals surface area (Å²) < 4.78 is 18.6. The zero-order valence-corrected chi connectivity index (χ0v) is 13.1. The fraction of sp³-hybridized carbons (Fsp3) is 0.588. The second-order valence-electron chi connectivity index (χ2n) is 6.12. The lowest BCUT2D eigenvalue weighted by Gasteiger charge is -2.36. The molecule has 22 heavy (non-hydrogen) atoms. The minimum Gasteiger partial charge on any atom is -0.494 e. The van der Waals surface area contributed by atoms with Crippen molar-refractivity contribution in [2.75, 3.05) is 33.3 Å². The van der Waals surface area contributed by atoms with E-state index in [-0.39, 0.29) is 11.7 Å². The molecular weight excluding hydrogens is 283 g/mol. The van der Waals surface area contributed by atoms with Crippen LogP contribution in [0.1, 0.15) is 36.0 Å². The molecule has 0 N–H and O–H groups in total. The average molecular weight is 306 g/mol. The van der Waals surface area contributed by atoms with Crippen molar-refractivity contribution in [3.8, 4) is 5.75 Å². The number of methoxy groups -OCH3 is 1. The highest BCUT2D eigenvalue weighted by Gasteiger charge is 2.28. The number of benzene rings is 1. The molecule has 1 aromatic rings. The van der Waals surface area contributed by atoms with Gasteiger partial charge in [0, 0.05) is 24.7 Å². The molecule has 0 unspecified atom stereocenters. The number of hydrogen-bond donors (Lipinski definition) is 0. The lowest BCUT2D eigenvalue weighted by atomic mass is 10.0. The average Bonchev–Trinajstić information content (AvgIpc) is 3.09. The number of likely N-dealkylation sites (tertiary alicyclic amines) is 2. The van der Waals surface area contributed by atoms with Crippen LogP contribution in [0.2, 0.25) is 0 Å². The highest BCUT2D eigenvalue weighted by Crippen LogP contribution is 2.23. The molecular formula is C17H23FN2O2. The number of halogens is 1. The summed E-state index contributed by atoms with van der Waals surface area (Å²) in [4.78, 5) is 16.9. The molecule has 120 valence electrons. The van der Waals surface area contributed by atoms with Gasteiger partial charge in [-0.05, 0) is 57.0 Å². The Balaban J connectivity index is 1.60. The number of hydrogen-bond acceptors (Lipinski definition) is 3. The summed E-state index contributed by atoms with van der Waals surface area (Å²) in [7, 11) is 1.42. The van der Waals surface area contributed by atoms with Crippen LogP contribution in [0.25, 0.3) is 0 Å². The summed E-state index contributed by atoms with van der Waals surface area (Å²) in [6, 6.07) is 5.03. The van der Waals surface area contributed by atoms with Gasteiger partial charge in [-0.15, -0.1) is 0 Å². The quantitative estimate of drug-likeness (QED) is 0.860. The van der Waals surface area contributed by atoms with Crippen LogP contribution in [0, 0.1) is 5.82 Å². The van der Waals surface area contributed by atoms with Gasteiger partial charge in [0.05, 0.1) is 7.11 Å². The molecule has 2 fully saturated rings. The normalized spacial score (nSPS) is 20.4. The van der Waals surface area contributed by atoms with Gasteiger partial charge in [0.15, 0.2) is 11.6 Å². The minimum atomic E-state index is -0.486. The molecule has 1 aromatic carbocycles. The van der Waals surface area contributed by atoms with Gasteiger partial charge >= 0.3 is 0 Å². The summed E-state index contributed by atoms with van der Waals surface area (Å²) in [5.41, 5.74) is 0.401. The van der Waals surface area contributed by atoms with Crippen LogP contribution >= 0.6 is 0 Å². The lowest BCUT2D eigenvalue weighted by Crippen LogP contribution is -2.45. The van der Waals surface area contributed by atoms with E-state index in [0.29, 0.717) is 11.6 Å². The molecule has 0 saturated carbocycles. The molecule has 0 bridgehead atoms. The van der Waals surface area contributed by atoms with E-state index in [0.717, 1.165) is 25.9 Å². The Labute approximate surface area is 130 Å². The SMILES string of the molecule is COc1ccc(C(=O)N2CCC(N3CCCC3)CC2)cc1F. The Bertz CT molecular complexity index is 535. The molecule has 5 heteroatoms. The van der Waals surface area contributed by atoms with Crippen LogP contribution in [0.5, 0.6) is 5.75 Å². The molecule has 0 atom stereocenters. The van der Waals surface area contributed by atoms with E-state index in [1.807, 2.05) is 4.90 Å². The Kier molecular flexibility index (Phi) is 4.62. The topological polar surface area (TPSA) is 32.8 Å². The van der Waals surface area contributed by atoms with Crippen molar-refractivity contribution in [3.05, 3.63) is 29.6 Å². The monoisotopic (exact) mass is 306 g/mol. The Hall–Kier alpha value is -1.62. The maximum Gasteiger partial charge on any atom is 0.253 e. The van der Waals surface area contributed by atoms with Gasteiger partial charge in [-0.3, -0.25) is 4.79 Å². The lowest BCUT2D eigenvalue weighted by molar-refractivity contribution is 0.0644. The van der Waals surface area contributed by atoms with Gasteiger partial charge in [0.1, 0.15) is 0 Å². The summed E-state index contributed by atoms with van der Waals surface area (Å²) in [5, 5.41) is 0. The summed E-state index contributed by atoms with van der Waals surface area (Å²) in [6.07, 6.45) is 4.63. The summed E-state index contributed by atoms with van der Waals surface area (Å²) in [5.74, 6) is -0.397. The number of rotatable bonds is 3. The summed E-state index contributed by atoms with van der Waals surface area (Å²) in [6.45, 7) is 3.91. The molecule has 2 heterocycles. The molecule has 0 aliphatic carbocycles. The van der Waals surface area contributed by atoms with E-state index in [2.05, 4.69) is 4.90 Å². The van der Waals surface area contributed by atoms with Crippen LogP contribution in [-0.4, -0.2) is 55.0 Å². The molecule has 2 aliphatic rings. The van der Waals surface area contributed by atoms with Crippen molar-refractivity contribution >= 4 is 5.91 Å². The number of amides is 1. The smallest absolute Gasteiger partial charge is 0.253 e. The second-order valence-corrected chi connectivity index (χ2v) is 6.12. The van der Waals surface area contributed by atoms with E-state index >= 15 is 0 Å². The van der Waals surface area contributed by atoms with Crippen molar-refractivity contribution in [3.63, 3.8) is 0 Å². The molecule has 1 amide bonds. The standard InChI is InChI=1S/C17H23FN2O2/c1-22-16-5-4-13(12-15(16)18)17(21)20-10-6-14(7-11-20)19-8-2-3-9-19/h4-5,12,14H,2-3,6-11H2,1H3. The van der Waals surface area contributed by atoms with Crippen LogP contribution < -0.4 is 4.74 Å². The van der Waals surface area contributed by atoms with Gasteiger partial charge < -0.3 is 14.5 Å². The minimum absolute atomic E-state index is 0.0820. The first kappa shape index (κ1) is 15.3. The van der Waals surface area contributed by atoms with Crippen molar-refractivity contribution in [2.45, 2.75) is 31.7 Å². The van der Waals surface area contributed by atoms with Gasteiger partial charge in [-0.2, -0.15) is 0 Å². The Morgan fingerprint density at radius 1 is 1.18 bits per heavy atom. The molecule has 2 aliphatic heterocycles. The molecule has 4 nitrogen and oxygen atoms in total. The fourth-order valence-electron chi connectivity index (χ4n) is 3.52. The zero-order chi connectivity index (χ0) is 15.5. The third-order valence-electron chi connectivity index (χ3n) is 4.81. The van der Waals surface area contributed by atoms with Crippen molar-refractivity contribution in [2.24, 2.45) is 0 Å². The highest BCUT2D eigenvalue weighted by molar-refractivity contribution is 5.94. The number of piperidine rings is 1. The van der Waals surface area contributed by atoms with Crippen molar-refractivity contribution in [1.82, 2.24) is 9.80 Å². The third-order valence-corrected chi connectivity index (χ3v) is 4.81. The predicted octanol–water partition coefficient (Wildman–Crippen LogP) is 2.53. The molecule has 0 aromatic heterocycles. The zero-order valence-electron chi connectivity index (χ0n) is 13.1. The first-order valence-electron chi connectivity index (χ1n) is 8.06. The first-order chi connectivity index (χ1) is 10.7. The van der Waals surface area contributed by atoms with Crippen LogP contribution in [0.3, 0.4) is 0 Å². The molecule has 0 spiro atoms. The predicted molar refractivity (Wildman–Crippen MR) is 82.7 cm³/mol. The van der Waals surface area contributed by atoms with Crippen LogP contribution in [-0.2, 0) is 0 Å². The molecule has 3 rings (SSSR count).